The van der Waals surface area contributed by atoms with Crippen LogP contribution in [-0.2, 0) is 0 Å². The zero-order valence-electron chi connectivity index (χ0n) is 9.63. The van der Waals surface area contributed by atoms with Crippen molar-refractivity contribution < 1.29 is 14.7 Å². The molecule has 2 rings (SSSR count). The zero-order valence-corrected chi connectivity index (χ0v) is 10.4. The highest BCUT2D eigenvalue weighted by molar-refractivity contribution is 7.99. The summed E-state index contributed by atoms with van der Waals surface area (Å²) in [6.45, 7) is 1.47. The minimum Gasteiger partial charge on any atom is -0.477 e. The molecule has 0 bridgehead atoms. The van der Waals surface area contributed by atoms with Crippen LogP contribution < -0.4 is 5.32 Å². The lowest BCUT2D eigenvalue weighted by atomic mass is 10.3. The SMILES string of the molecule is O=C(O)c1ccc(NC(=O)N2CCSCC2)cn1. The second-order valence-electron chi connectivity index (χ2n) is 3.77. The Hall–Kier alpha value is -1.76. The van der Waals surface area contributed by atoms with Gasteiger partial charge in [0, 0.05) is 24.6 Å². The molecule has 0 atom stereocenters. The van der Waals surface area contributed by atoms with Crippen molar-refractivity contribution in [2.24, 2.45) is 0 Å². The predicted molar refractivity (Wildman–Crippen MR) is 69.1 cm³/mol. The third kappa shape index (κ3) is 3.13. The van der Waals surface area contributed by atoms with Crippen molar-refractivity contribution in [3.05, 3.63) is 24.0 Å². The molecule has 18 heavy (non-hydrogen) atoms. The van der Waals surface area contributed by atoms with Crippen molar-refractivity contribution in [3.8, 4) is 0 Å². The molecule has 0 aliphatic carbocycles. The van der Waals surface area contributed by atoms with E-state index in [9.17, 15) is 9.59 Å². The van der Waals surface area contributed by atoms with Gasteiger partial charge in [0.25, 0.3) is 0 Å². The quantitative estimate of drug-likeness (QED) is 0.845. The summed E-state index contributed by atoms with van der Waals surface area (Å²) in [5.41, 5.74) is 0.464. The number of amides is 2. The van der Waals surface area contributed by atoms with Gasteiger partial charge in [-0.05, 0) is 12.1 Å². The average Bonchev–Trinajstić information content (AvgIpc) is 2.40. The van der Waals surface area contributed by atoms with Crippen LogP contribution in [0.1, 0.15) is 10.5 Å². The van der Waals surface area contributed by atoms with Gasteiger partial charge in [-0.3, -0.25) is 0 Å². The molecule has 1 aliphatic rings. The molecule has 0 saturated carbocycles. The van der Waals surface area contributed by atoms with Gasteiger partial charge in [-0.25, -0.2) is 14.6 Å². The van der Waals surface area contributed by atoms with Gasteiger partial charge in [0.2, 0.25) is 0 Å². The summed E-state index contributed by atoms with van der Waals surface area (Å²) in [6, 6.07) is 2.73. The fraction of sp³-hybridized carbons (Fsp3) is 0.364. The number of carboxylic acids is 1. The molecule has 1 aromatic rings. The molecule has 2 heterocycles. The maximum atomic E-state index is 11.8. The monoisotopic (exact) mass is 267 g/mol. The Bertz CT molecular complexity index is 443. The number of thioether (sulfide) groups is 1. The van der Waals surface area contributed by atoms with Gasteiger partial charge in [-0.1, -0.05) is 0 Å². The first-order chi connectivity index (χ1) is 8.66. The second kappa shape index (κ2) is 5.72. The first kappa shape index (κ1) is 12.7. The Morgan fingerprint density at radius 3 is 2.61 bits per heavy atom. The number of nitrogens with one attached hydrogen (secondary N) is 1. The van der Waals surface area contributed by atoms with Crippen LogP contribution >= 0.6 is 11.8 Å². The number of nitrogens with zero attached hydrogens (tertiary/aromatic N) is 2. The van der Waals surface area contributed by atoms with Gasteiger partial charge < -0.3 is 15.3 Å². The lowest BCUT2D eigenvalue weighted by Crippen LogP contribution is -2.40. The van der Waals surface area contributed by atoms with Crippen LogP contribution in [0.3, 0.4) is 0 Å². The number of anilines is 1. The van der Waals surface area contributed by atoms with E-state index in [2.05, 4.69) is 10.3 Å². The standard InChI is InChI=1S/C11H13N3O3S/c15-10(16)9-2-1-8(7-12-9)13-11(17)14-3-5-18-6-4-14/h1-2,7H,3-6H2,(H,13,17)(H,15,16). The highest BCUT2D eigenvalue weighted by Gasteiger charge is 2.16. The van der Waals surface area contributed by atoms with Gasteiger partial charge in [0.15, 0.2) is 0 Å². The second-order valence-corrected chi connectivity index (χ2v) is 4.99. The summed E-state index contributed by atoms with van der Waals surface area (Å²) >= 11 is 1.83. The number of carbonyl (C=O) groups is 2. The molecule has 1 aromatic heterocycles. The fourth-order valence-electron chi connectivity index (χ4n) is 1.56. The van der Waals surface area contributed by atoms with Crippen LogP contribution in [0, 0.1) is 0 Å². The number of hydrogen-bond donors (Lipinski definition) is 2. The molecule has 0 aromatic carbocycles. The number of aromatic carboxylic acids is 1. The van der Waals surface area contributed by atoms with Crippen molar-refractivity contribution in [2.75, 3.05) is 29.9 Å². The lowest BCUT2D eigenvalue weighted by molar-refractivity contribution is 0.0690. The third-order valence-corrected chi connectivity index (χ3v) is 3.47. The molecular formula is C11H13N3O3S. The smallest absolute Gasteiger partial charge is 0.354 e. The van der Waals surface area contributed by atoms with E-state index in [1.165, 1.54) is 18.3 Å². The summed E-state index contributed by atoms with van der Waals surface area (Å²) in [7, 11) is 0. The molecule has 0 radical (unpaired) electrons. The maximum absolute atomic E-state index is 11.8. The zero-order chi connectivity index (χ0) is 13.0. The topological polar surface area (TPSA) is 82.5 Å². The minimum absolute atomic E-state index is 0.0395. The van der Waals surface area contributed by atoms with Gasteiger partial charge in [0.05, 0.1) is 11.9 Å². The molecule has 2 N–H and O–H groups in total. The Morgan fingerprint density at radius 2 is 2.06 bits per heavy atom. The van der Waals surface area contributed by atoms with Crippen LogP contribution in [0.4, 0.5) is 10.5 Å². The van der Waals surface area contributed by atoms with Crippen LogP contribution in [0.25, 0.3) is 0 Å². The predicted octanol–water partition coefficient (Wildman–Crippen LogP) is 1.36. The van der Waals surface area contributed by atoms with E-state index in [-0.39, 0.29) is 11.7 Å². The van der Waals surface area contributed by atoms with Crippen molar-refractivity contribution in [3.63, 3.8) is 0 Å². The largest absolute Gasteiger partial charge is 0.477 e. The van der Waals surface area contributed by atoms with Crippen molar-refractivity contribution in [1.29, 1.82) is 0 Å². The van der Waals surface area contributed by atoms with E-state index in [0.29, 0.717) is 5.69 Å². The molecule has 7 heteroatoms. The highest BCUT2D eigenvalue weighted by atomic mass is 32.2. The van der Waals surface area contributed by atoms with E-state index in [1.807, 2.05) is 11.8 Å². The number of carbonyl (C=O) groups excluding carboxylic acids is 1. The normalized spacial score (nSPS) is 15.2. The van der Waals surface area contributed by atoms with Crippen molar-refractivity contribution >= 4 is 29.4 Å². The van der Waals surface area contributed by atoms with Gasteiger partial charge in [-0.15, -0.1) is 0 Å². The maximum Gasteiger partial charge on any atom is 0.354 e. The Morgan fingerprint density at radius 1 is 1.33 bits per heavy atom. The van der Waals surface area contributed by atoms with E-state index < -0.39 is 5.97 Å². The third-order valence-electron chi connectivity index (χ3n) is 2.53. The summed E-state index contributed by atoms with van der Waals surface area (Å²) in [4.78, 5) is 27.9. The lowest BCUT2D eigenvalue weighted by Gasteiger charge is -2.26. The van der Waals surface area contributed by atoms with E-state index in [4.69, 9.17) is 5.11 Å². The minimum atomic E-state index is -1.08. The molecule has 6 nitrogen and oxygen atoms in total. The molecule has 0 unspecified atom stereocenters. The van der Waals surface area contributed by atoms with E-state index in [0.717, 1.165) is 24.6 Å². The number of urea groups is 1. The summed E-state index contributed by atoms with van der Waals surface area (Å²) in [6.07, 6.45) is 1.35. The summed E-state index contributed by atoms with van der Waals surface area (Å²) < 4.78 is 0. The molecule has 1 saturated heterocycles. The first-order valence-electron chi connectivity index (χ1n) is 5.50. The Balaban J connectivity index is 1.96. The number of rotatable bonds is 2. The van der Waals surface area contributed by atoms with Crippen LogP contribution in [0.5, 0.6) is 0 Å². The Labute approximate surface area is 108 Å². The van der Waals surface area contributed by atoms with Crippen LogP contribution in [0.2, 0.25) is 0 Å². The van der Waals surface area contributed by atoms with E-state index >= 15 is 0 Å². The number of aromatic nitrogens is 1. The van der Waals surface area contributed by atoms with Crippen LogP contribution in [0.15, 0.2) is 18.3 Å². The molecule has 1 fully saturated rings. The van der Waals surface area contributed by atoms with Crippen molar-refractivity contribution in [2.45, 2.75) is 0 Å². The molecule has 0 spiro atoms. The van der Waals surface area contributed by atoms with E-state index in [1.54, 1.807) is 4.90 Å². The number of carboxylic acid groups (broad SMARTS) is 1. The highest BCUT2D eigenvalue weighted by Crippen LogP contribution is 2.12. The van der Waals surface area contributed by atoms with Gasteiger partial charge >= 0.3 is 12.0 Å². The summed E-state index contributed by atoms with van der Waals surface area (Å²) in [5, 5.41) is 11.4. The Kier molecular flexibility index (Phi) is 4.03. The molecule has 1 aliphatic heterocycles. The number of pyridine rings is 1. The van der Waals surface area contributed by atoms with Crippen LogP contribution in [-0.4, -0.2) is 51.6 Å². The van der Waals surface area contributed by atoms with Gasteiger partial charge in [0.1, 0.15) is 5.69 Å². The summed E-state index contributed by atoms with van der Waals surface area (Å²) in [5.74, 6) is 0.814. The number of hydrogen-bond acceptors (Lipinski definition) is 4. The fourth-order valence-corrected chi connectivity index (χ4v) is 2.47. The average molecular weight is 267 g/mol. The molecule has 96 valence electrons. The molecule has 2 amide bonds. The first-order valence-corrected chi connectivity index (χ1v) is 6.65. The van der Waals surface area contributed by atoms with Crippen molar-refractivity contribution in [1.82, 2.24) is 9.88 Å². The van der Waals surface area contributed by atoms with Gasteiger partial charge in [-0.2, -0.15) is 11.8 Å². The molecular weight excluding hydrogens is 254 g/mol.